The second kappa shape index (κ2) is 28.5. The van der Waals surface area contributed by atoms with Crippen LogP contribution in [0, 0.1) is 35.5 Å². The second-order valence-corrected chi connectivity index (χ2v) is 18.0. The van der Waals surface area contributed by atoms with E-state index in [9.17, 15) is 29.1 Å². The van der Waals surface area contributed by atoms with Gasteiger partial charge in [-0.1, -0.05) is 85.2 Å². The third kappa shape index (κ3) is 16.7. The monoisotopic (exact) mass is 875 g/mol. The molecule has 1 aliphatic rings. The summed E-state index contributed by atoms with van der Waals surface area (Å²) in [6, 6.07) is 8.01. The molecule has 0 radical (unpaired) electrons. The number of Topliss-reactive ketones (excluding diaryl/α,β-unsaturated/α-hetero) is 2. The van der Waals surface area contributed by atoms with E-state index in [2.05, 4.69) is 0 Å². The van der Waals surface area contributed by atoms with Gasteiger partial charge in [-0.25, -0.2) is 0 Å². The minimum absolute atomic E-state index is 0.00165. The number of hydrogen-bond donors (Lipinski definition) is 2. The Balaban J connectivity index is 2.20. The van der Waals surface area contributed by atoms with Crippen molar-refractivity contribution in [3.8, 4) is 0 Å². The average Bonchev–Trinajstić information content (AvgIpc) is 3.72. The summed E-state index contributed by atoms with van der Waals surface area (Å²) in [6.45, 7) is 17.4. The minimum Gasteiger partial charge on any atom is -0.481 e. The fourth-order valence-electron chi connectivity index (χ4n) is 9.10. The summed E-state index contributed by atoms with van der Waals surface area (Å²) in [5.74, 6) is -3.84. The number of carboxylic acid groups (broad SMARTS) is 1. The maximum Gasteiger partial charge on any atom is 0.307 e. The van der Waals surface area contributed by atoms with Crippen LogP contribution in [0.25, 0.3) is 0 Å². The highest BCUT2D eigenvalue weighted by Crippen LogP contribution is 2.32. The zero-order valence-electron chi connectivity index (χ0n) is 39.9. The van der Waals surface area contributed by atoms with Crippen molar-refractivity contribution < 1.29 is 48.0 Å². The first-order valence-corrected chi connectivity index (χ1v) is 22.9. The number of rotatable bonds is 32. The van der Waals surface area contributed by atoms with Gasteiger partial charge in [0, 0.05) is 65.6 Å². The minimum atomic E-state index is -1.03. The molecule has 354 valence electrons. The number of hydrogen-bond acceptors (Lipinski definition) is 11. The number of nitrogens with two attached hydrogens (primary N) is 1. The Morgan fingerprint density at radius 1 is 0.855 bits per heavy atom. The van der Waals surface area contributed by atoms with Gasteiger partial charge < -0.3 is 39.6 Å². The number of likely N-dealkylation sites (tertiary alicyclic amines) is 1. The molecule has 0 aromatic heterocycles. The van der Waals surface area contributed by atoms with E-state index < -0.39 is 54.1 Å². The zero-order valence-corrected chi connectivity index (χ0v) is 39.9. The van der Waals surface area contributed by atoms with Gasteiger partial charge in [0.2, 0.25) is 11.8 Å². The first kappa shape index (κ1) is 54.9. The Morgan fingerprint density at radius 2 is 1.50 bits per heavy atom. The Hall–Kier alpha value is -3.27. The third-order valence-corrected chi connectivity index (χ3v) is 12.9. The number of carbonyl (C=O) groups excluding carboxylic acids is 4. The summed E-state index contributed by atoms with van der Waals surface area (Å²) in [4.78, 5) is 74.4. The zero-order chi connectivity index (χ0) is 46.5. The number of amides is 2. The molecule has 0 bridgehead atoms. The van der Waals surface area contributed by atoms with Crippen molar-refractivity contribution in [3.05, 3.63) is 35.9 Å². The van der Waals surface area contributed by atoms with Gasteiger partial charge in [0.05, 0.1) is 62.5 Å². The average molecular weight is 875 g/mol. The smallest absolute Gasteiger partial charge is 0.307 e. The highest BCUT2D eigenvalue weighted by molar-refractivity contribution is 5.90. The molecule has 0 saturated carbocycles. The highest BCUT2D eigenvalue weighted by Gasteiger charge is 2.43. The van der Waals surface area contributed by atoms with Crippen LogP contribution in [0.5, 0.6) is 0 Å². The van der Waals surface area contributed by atoms with Crippen LogP contribution in [0.4, 0.5) is 0 Å². The number of nitrogens with zero attached hydrogens (tertiary/aromatic N) is 3. The predicted octanol–water partition coefficient (Wildman–Crippen LogP) is 5.38. The van der Waals surface area contributed by atoms with E-state index in [1.807, 2.05) is 83.8 Å². The van der Waals surface area contributed by atoms with Gasteiger partial charge >= 0.3 is 5.97 Å². The quantitative estimate of drug-likeness (QED) is 0.0886. The van der Waals surface area contributed by atoms with Gasteiger partial charge in [0.1, 0.15) is 5.78 Å². The Kier molecular flexibility index (Phi) is 25.2. The molecule has 62 heavy (non-hydrogen) atoms. The Morgan fingerprint density at radius 3 is 2.05 bits per heavy atom. The number of benzene rings is 1. The molecule has 1 heterocycles. The number of aliphatic carboxylic acids is 1. The normalized spacial score (nSPS) is 18.3. The molecular formula is C48H82N4O10. The van der Waals surface area contributed by atoms with E-state index in [1.165, 1.54) is 7.11 Å². The van der Waals surface area contributed by atoms with Crippen molar-refractivity contribution in [3.63, 3.8) is 0 Å². The van der Waals surface area contributed by atoms with Crippen LogP contribution in [0.1, 0.15) is 99.0 Å². The van der Waals surface area contributed by atoms with Crippen LogP contribution < -0.4 is 5.73 Å². The molecule has 0 spiro atoms. The SMILES string of the molecule is CC[C@H](C)[C@@H]([C@@H](CC(=O)N1CCC[C@H]1[C@H](OC)[C@@H](C)C(=O)C[C@@H](Cc1ccccc1)C(=O)O)OC)N(C)C(=O)[C@@H](CC(=O)[C@H](C(C)C)N(C)CCOCCOCCCN)C(C)C. The molecule has 2 amide bonds. The van der Waals surface area contributed by atoms with Crippen LogP contribution in [-0.2, 0) is 49.3 Å². The van der Waals surface area contributed by atoms with Gasteiger partial charge in [0.25, 0.3) is 0 Å². The van der Waals surface area contributed by atoms with Crippen LogP contribution in [0.2, 0.25) is 0 Å². The van der Waals surface area contributed by atoms with Crippen molar-refractivity contribution in [1.82, 2.24) is 14.7 Å². The summed E-state index contributed by atoms with van der Waals surface area (Å²) < 4.78 is 23.3. The van der Waals surface area contributed by atoms with E-state index >= 15 is 0 Å². The van der Waals surface area contributed by atoms with Crippen LogP contribution in [-0.4, -0.2) is 154 Å². The lowest BCUT2D eigenvalue weighted by Gasteiger charge is -2.41. The molecule has 2 rings (SSSR count). The Labute approximate surface area is 372 Å². The lowest BCUT2D eigenvalue weighted by Crippen LogP contribution is -2.54. The van der Waals surface area contributed by atoms with Crippen molar-refractivity contribution in [2.75, 3.05) is 74.4 Å². The maximum atomic E-state index is 14.6. The molecule has 14 nitrogen and oxygen atoms in total. The molecule has 1 aromatic rings. The van der Waals surface area contributed by atoms with E-state index in [1.54, 1.807) is 30.9 Å². The molecule has 0 unspecified atom stereocenters. The third-order valence-electron chi connectivity index (χ3n) is 12.9. The van der Waals surface area contributed by atoms with E-state index in [0.29, 0.717) is 52.5 Å². The van der Waals surface area contributed by atoms with Gasteiger partial charge in [-0.3, -0.25) is 28.9 Å². The maximum absolute atomic E-state index is 14.6. The topological polar surface area (TPSA) is 178 Å². The molecule has 3 N–H and O–H groups in total. The molecular weight excluding hydrogens is 793 g/mol. The number of methoxy groups -OCH3 is 2. The van der Waals surface area contributed by atoms with Crippen molar-refractivity contribution in [1.29, 1.82) is 0 Å². The van der Waals surface area contributed by atoms with Gasteiger partial charge in [-0.15, -0.1) is 0 Å². The molecule has 1 fully saturated rings. The molecule has 0 aliphatic carbocycles. The standard InChI is InChI=1S/C48H82N4O10/c1-12-34(6)45(51(9)47(56)38(32(2)3)30-41(54)44(33(4)5)50(8)23-25-62-27-26-61-24-17-21-49)42(59-10)31-43(55)52-22-16-20-39(52)46(60-11)35(7)40(53)29-37(48(57)58)28-36-18-14-13-15-19-36/h13-15,18-19,32-35,37-39,42,44-46H,12,16-17,20-31,49H2,1-11H3,(H,57,58)/t34-,35-,37+,38-,39-,42+,44-,45-,46+/m0/s1. The molecule has 1 aliphatic heterocycles. The van der Waals surface area contributed by atoms with Crippen molar-refractivity contribution in [2.45, 2.75) is 130 Å². The fourth-order valence-corrected chi connectivity index (χ4v) is 9.10. The van der Waals surface area contributed by atoms with Crippen LogP contribution >= 0.6 is 0 Å². The summed E-state index contributed by atoms with van der Waals surface area (Å²) in [6.07, 6.45) is 1.78. The first-order valence-electron chi connectivity index (χ1n) is 22.9. The first-order chi connectivity index (χ1) is 29.4. The molecule has 1 saturated heterocycles. The number of ketones is 2. The van der Waals surface area contributed by atoms with Gasteiger partial charge in [-0.2, -0.15) is 0 Å². The summed E-state index contributed by atoms with van der Waals surface area (Å²) in [5, 5.41) is 9.99. The molecule has 9 atom stereocenters. The summed E-state index contributed by atoms with van der Waals surface area (Å²) in [5.41, 5.74) is 6.36. The van der Waals surface area contributed by atoms with Crippen molar-refractivity contribution in [2.24, 2.45) is 41.2 Å². The van der Waals surface area contributed by atoms with E-state index in [0.717, 1.165) is 24.8 Å². The number of ether oxygens (including phenoxy) is 4. The van der Waals surface area contributed by atoms with Crippen LogP contribution in [0.3, 0.4) is 0 Å². The largest absolute Gasteiger partial charge is 0.481 e. The predicted molar refractivity (Wildman–Crippen MR) is 242 cm³/mol. The molecule has 14 heteroatoms. The van der Waals surface area contributed by atoms with E-state index in [4.69, 9.17) is 24.7 Å². The van der Waals surface area contributed by atoms with E-state index in [-0.39, 0.29) is 66.8 Å². The number of carbonyl (C=O) groups is 5. The lowest BCUT2D eigenvalue weighted by atomic mass is 9.83. The summed E-state index contributed by atoms with van der Waals surface area (Å²) >= 11 is 0. The number of likely N-dealkylation sites (N-methyl/N-ethyl adjacent to an activating group) is 2. The van der Waals surface area contributed by atoms with Crippen molar-refractivity contribution >= 4 is 29.4 Å². The second-order valence-electron chi connectivity index (χ2n) is 18.0. The lowest BCUT2D eigenvalue weighted by molar-refractivity contribution is -0.149. The number of carboxylic acids is 1. The fraction of sp³-hybridized carbons (Fsp3) is 0.771. The molecule has 1 aromatic carbocycles. The van der Waals surface area contributed by atoms with Crippen LogP contribution in [0.15, 0.2) is 30.3 Å². The highest BCUT2D eigenvalue weighted by atomic mass is 16.5. The Bertz CT molecular complexity index is 1500. The van der Waals surface area contributed by atoms with Gasteiger partial charge in [-0.05, 0) is 62.6 Å². The summed E-state index contributed by atoms with van der Waals surface area (Å²) in [7, 11) is 6.77. The van der Waals surface area contributed by atoms with Gasteiger partial charge in [0.15, 0.2) is 5.78 Å².